The minimum atomic E-state index is -3.90. The molecule has 0 saturated heterocycles. The number of aliphatic imine (C=N–C) groups is 1. The van der Waals surface area contributed by atoms with E-state index in [-0.39, 0.29) is 10.9 Å². The van der Waals surface area contributed by atoms with Crippen molar-refractivity contribution in [2.24, 2.45) is 21.6 Å². The predicted molar refractivity (Wildman–Crippen MR) is 102 cm³/mol. The van der Waals surface area contributed by atoms with E-state index in [0.29, 0.717) is 15.8 Å². The first-order valence-electron chi connectivity index (χ1n) is 7.25. The Balaban J connectivity index is 2.24. The second kappa shape index (κ2) is 6.21. The predicted octanol–water partition coefficient (Wildman–Crippen LogP) is 1.53. The van der Waals surface area contributed by atoms with Crippen molar-refractivity contribution in [1.82, 2.24) is 0 Å². The van der Waals surface area contributed by atoms with Gasteiger partial charge < -0.3 is 16.8 Å². The van der Waals surface area contributed by atoms with Crippen molar-refractivity contribution >= 4 is 49.0 Å². The highest BCUT2D eigenvalue weighted by Crippen LogP contribution is 2.44. The minimum Gasteiger partial charge on any atom is -0.370 e. The van der Waals surface area contributed by atoms with E-state index in [0.717, 1.165) is 11.3 Å². The summed E-state index contributed by atoms with van der Waals surface area (Å²) in [6.07, 6.45) is -0.608. The molecule has 1 atom stereocenters. The lowest BCUT2D eigenvalue weighted by atomic mass is 10.1. The van der Waals surface area contributed by atoms with Crippen LogP contribution in [0.25, 0.3) is 0 Å². The summed E-state index contributed by atoms with van der Waals surface area (Å²) in [5.74, 6) is -0.0883. The Labute approximate surface area is 153 Å². The zero-order chi connectivity index (χ0) is 18.4. The van der Waals surface area contributed by atoms with Gasteiger partial charge in [-0.2, -0.15) is 0 Å². The van der Waals surface area contributed by atoms with Gasteiger partial charge in [0.05, 0.1) is 16.3 Å². The zero-order valence-corrected chi connectivity index (χ0v) is 15.7. The third-order valence-corrected chi connectivity index (χ3v) is 5.66. The van der Waals surface area contributed by atoms with Gasteiger partial charge in [-0.15, -0.1) is 0 Å². The maximum atomic E-state index is 11.9. The first kappa shape index (κ1) is 17.5. The van der Waals surface area contributed by atoms with Crippen molar-refractivity contribution in [1.29, 1.82) is 0 Å². The lowest BCUT2D eigenvalue weighted by Gasteiger charge is -2.25. The summed E-state index contributed by atoms with van der Waals surface area (Å²) < 4.78 is 24.1. The molecular formula is C15H17BrN6O2S. The molecule has 0 aromatic heterocycles. The quantitative estimate of drug-likeness (QED) is 0.434. The van der Waals surface area contributed by atoms with Crippen LogP contribution in [-0.2, 0) is 10.0 Å². The van der Waals surface area contributed by atoms with E-state index in [2.05, 4.69) is 26.2 Å². The van der Waals surface area contributed by atoms with Crippen LogP contribution in [0.5, 0.6) is 0 Å². The number of nitrogens with one attached hydrogen (secondary N) is 1. The van der Waals surface area contributed by atoms with Crippen molar-refractivity contribution in [2.45, 2.75) is 18.1 Å². The monoisotopic (exact) mass is 424 g/mol. The zero-order valence-electron chi connectivity index (χ0n) is 13.3. The molecule has 0 aliphatic carbocycles. The smallest absolute Gasteiger partial charge is 0.239 e. The van der Waals surface area contributed by atoms with Gasteiger partial charge in [0.2, 0.25) is 16.3 Å². The molecule has 1 unspecified atom stereocenters. The Bertz CT molecular complexity index is 972. The lowest BCUT2D eigenvalue weighted by Crippen LogP contribution is -2.35. The van der Waals surface area contributed by atoms with Crippen molar-refractivity contribution in [3.63, 3.8) is 0 Å². The van der Waals surface area contributed by atoms with Gasteiger partial charge in [-0.1, -0.05) is 18.2 Å². The molecule has 132 valence electrons. The summed E-state index contributed by atoms with van der Waals surface area (Å²) in [5.41, 5.74) is 14.2. The number of nitrogens with zero attached hydrogens (tertiary/aromatic N) is 2. The second-order valence-corrected chi connectivity index (χ2v) is 7.96. The number of fused-ring (bicyclic) bond motifs is 1. The molecule has 0 spiro atoms. The van der Waals surface area contributed by atoms with E-state index in [1.54, 1.807) is 6.07 Å². The normalized spacial score (nSPS) is 16.3. The minimum absolute atomic E-state index is 0.0167. The van der Waals surface area contributed by atoms with Gasteiger partial charge in [0, 0.05) is 10.2 Å². The summed E-state index contributed by atoms with van der Waals surface area (Å²) >= 11 is 3.24. The highest BCUT2D eigenvalue weighted by molar-refractivity contribution is 9.10. The molecule has 0 bridgehead atoms. The van der Waals surface area contributed by atoms with Gasteiger partial charge in [-0.3, -0.25) is 4.90 Å². The van der Waals surface area contributed by atoms with Crippen LogP contribution in [0.15, 0.2) is 50.8 Å². The fraction of sp³-hybridized carbons (Fsp3) is 0.133. The third-order valence-electron chi connectivity index (χ3n) is 3.79. The topological polar surface area (TPSA) is 140 Å². The number of guanidine groups is 1. The Morgan fingerprint density at radius 1 is 1.24 bits per heavy atom. The van der Waals surface area contributed by atoms with Crippen LogP contribution in [0.4, 0.5) is 17.1 Å². The Hall–Kier alpha value is -2.30. The number of primary sulfonamides is 1. The van der Waals surface area contributed by atoms with E-state index < -0.39 is 16.3 Å². The van der Waals surface area contributed by atoms with Gasteiger partial charge in [-0.05, 0) is 46.6 Å². The molecule has 2 aromatic carbocycles. The van der Waals surface area contributed by atoms with Crippen LogP contribution in [0.1, 0.15) is 5.56 Å². The molecule has 10 heteroatoms. The fourth-order valence-electron chi connectivity index (χ4n) is 2.74. The summed E-state index contributed by atoms with van der Waals surface area (Å²) in [5, 5.41) is 8.49. The Morgan fingerprint density at radius 3 is 2.52 bits per heavy atom. The summed E-state index contributed by atoms with van der Waals surface area (Å²) in [6.45, 7) is 1.94. The van der Waals surface area contributed by atoms with Gasteiger partial charge in [0.25, 0.3) is 0 Å². The van der Waals surface area contributed by atoms with E-state index in [1.807, 2.05) is 36.1 Å². The van der Waals surface area contributed by atoms with Gasteiger partial charge >= 0.3 is 0 Å². The molecule has 3 rings (SSSR count). The maximum absolute atomic E-state index is 11.9. The lowest BCUT2D eigenvalue weighted by molar-refractivity contribution is 0.597. The molecule has 7 N–H and O–H groups in total. The molecule has 0 fully saturated rings. The van der Waals surface area contributed by atoms with E-state index in [4.69, 9.17) is 16.6 Å². The van der Waals surface area contributed by atoms with E-state index >= 15 is 0 Å². The van der Waals surface area contributed by atoms with Crippen molar-refractivity contribution < 1.29 is 8.42 Å². The number of hydrogen-bond acceptors (Lipinski definition) is 5. The maximum Gasteiger partial charge on any atom is 0.239 e. The number of anilines is 3. The first-order valence-corrected chi connectivity index (χ1v) is 9.59. The fourth-order valence-corrected chi connectivity index (χ4v) is 4.36. The molecule has 0 amide bonds. The molecule has 0 saturated carbocycles. The third kappa shape index (κ3) is 3.28. The number of hydrogen-bond donors (Lipinski definition) is 4. The summed E-state index contributed by atoms with van der Waals surface area (Å²) in [6, 6.07) is 10.8. The van der Waals surface area contributed by atoms with Gasteiger partial charge in [0.15, 0.2) is 5.96 Å². The van der Waals surface area contributed by atoms with Crippen LogP contribution < -0.4 is 26.8 Å². The Kier molecular flexibility index (Phi) is 4.35. The molecule has 1 aliphatic rings. The number of para-hydroxylation sites is 1. The Morgan fingerprint density at radius 2 is 1.92 bits per heavy atom. The average molecular weight is 425 g/mol. The van der Waals surface area contributed by atoms with E-state index in [9.17, 15) is 8.42 Å². The van der Waals surface area contributed by atoms with Gasteiger partial charge in [0.1, 0.15) is 0 Å². The first-order chi connectivity index (χ1) is 11.7. The number of benzene rings is 2. The number of sulfonamides is 1. The molecule has 8 nitrogen and oxygen atoms in total. The SMILES string of the molecule is Cc1ccccc1N1c2cc(S(N)(=O)=O)c(Br)cc2NC1N=C(N)N. The molecule has 0 radical (unpaired) electrons. The van der Waals surface area contributed by atoms with Crippen LogP contribution in [0.2, 0.25) is 0 Å². The van der Waals surface area contributed by atoms with E-state index in [1.165, 1.54) is 6.07 Å². The number of rotatable bonds is 3. The summed E-state index contributed by atoms with van der Waals surface area (Å²) in [7, 11) is -3.90. The highest BCUT2D eigenvalue weighted by Gasteiger charge is 2.32. The van der Waals surface area contributed by atoms with Gasteiger partial charge in [-0.25, -0.2) is 18.5 Å². The molecule has 2 aromatic rings. The van der Waals surface area contributed by atoms with Crippen molar-refractivity contribution in [3.8, 4) is 0 Å². The summed E-state index contributed by atoms with van der Waals surface area (Å²) in [4.78, 5) is 6.01. The number of nitrogens with two attached hydrogens (primary N) is 3. The van der Waals surface area contributed by atoms with Crippen molar-refractivity contribution in [3.05, 3.63) is 46.4 Å². The second-order valence-electron chi connectivity index (χ2n) is 5.57. The molecule has 1 heterocycles. The van der Waals surface area contributed by atoms with Crippen LogP contribution >= 0.6 is 15.9 Å². The molecular weight excluding hydrogens is 408 g/mol. The molecule has 1 aliphatic heterocycles. The highest BCUT2D eigenvalue weighted by atomic mass is 79.9. The van der Waals surface area contributed by atoms with Crippen molar-refractivity contribution in [2.75, 3.05) is 10.2 Å². The largest absolute Gasteiger partial charge is 0.370 e. The number of aryl methyl sites for hydroxylation is 1. The standard InChI is InChI=1S/C15H17BrN6O2S/c1-8-4-2-3-5-11(8)22-12-7-13(25(19,23)24)9(16)6-10(12)20-15(22)21-14(17)18/h2-7,15,20H,1H3,(H4,17,18,21)(H2,19,23,24). The molecule has 25 heavy (non-hydrogen) atoms. The van der Waals surface area contributed by atoms with Crippen LogP contribution in [-0.4, -0.2) is 20.7 Å². The average Bonchev–Trinajstić information content (AvgIpc) is 2.81. The van der Waals surface area contributed by atoms with Crippen LogP contribution in [0.3, 0.4) is 0 Å². The van der Waals surface area contributed by atoms with Crippen LogP contribution in [0, 0.1) is 6.92 Å². The number of halogens is 1.